The summed E-state index contributed by atoms with van der Waals surface area (Å²) in [5, 5.41) is 18.0. The number of amides is 1. The highest BCUT2D eigenvalue weighted by Crippen LogP contribution is 2.24. The minimum Gasteiger partial charge on any atom is -0.506 e. The molecular formula is C29H33N5O4. The molecule has 1 fully saturated rings. The Hall–Kier alpha value is -3.95. The number of piperidine rings is 1. The number of carbonyl (C=O) groups is 1. The number of nitrogens with one attached hydrogen (secondary N) is 2. The monoisotopic (exact) mass is 515 g/mol. The maximum absolute atomic E-state index is 13.0. The first-order valence-corrected chi connectivity index (χ1v) is 12.9. The SMILES string of the molecule is CNC(=O)c1cc(=O)n(CCN2CCC(NCc3ccc4cccc(O)c4n3)CC2)c2cc(OC)ccc12. The van der Waals surface area contributed by atoms with E-state index in [9.17, 15) is 14.7 Å². The lowest BCUT2D eigenvalue weighted by molar-refractivity contribution is 0.0964. The zero-order valence-electron chi connectivity index (χ0n) is 21.7. The second kappa shape index (κ2) is 11.2. The van der Waals surface area contributed by atoms with Gasteiger partial charge in [-0.1, -0.05) is 18.2 Å². The first-order valence-electron chi connectivity index (χ1n) is 12.9. The average Bonchev–Trinajstić information content (AvgIpc) is 2.95. The number of ether oxygens (including phenoxy) is 1. The molecule has 0 unspecified atom stereocenters. The Morgan fingerprint density at radius 3 is 2.68 bits per heavy atom. The van der Waals surface area contributed by atoms with Crippen LogP contribution < -0.4 is 20.9 Å². The van der Waals surface area contributed by atoms with E-state index in [2.05, 4.69) is 20.5 Å². The Kier molecular flexibility index (Phi) is 7.57. The van der Waals surface area contributed by atoms with Crippen molar-refractivity contribution in [1.29, 1.82) is 0 Å². The van der Waals surface area contributed by atoms with E-state index >= 15 is 0 Å². The molecule has 38 heavy (non-hydrogen) atoms. The van der Waals surface area contributed by atoms with E-state index < -0.39 is 0 Å². The Labute approximate surface area is 221 Å². The molecular weight excluding hydrogens is 482 g/mol. The largest absolute Gasteiger partial charge is 0.506 e. The number of hydrogen-bond acceptors (Lipinski definition) is 7. The molecule has 9 heteroatoms. The van der Waals surface area contributed by atoms with Gasteiger partial charge in [0.1, 0.15) is 17.0 Å². The van der Waals surface area contributed by atoms with Crippen molar-refractivity contribution in [2.45, 2.75) is 32.0 Å². The van der Waals surface area contributed by atoms with Gasteiger partial charge in [0.05, 0.1) is 23.9 Å². The van der Waals surface area contributed by atoms with Crippen molar-refractivity contribution in [2.75, 3.05) is 33.8 Å². The van der Waals surface area contributed by atoms with Crippen LogP contribution in [0, 0.1) is 0 Å². The number of methoxy groups -OCH3 is 1. The van der Waals surface area contributed by atoms with Crippen molar-refractivity contribution < 1.29 is 14.6 Å². The van der Waals surface area contributed by atoms with Crippen LogP contribution in [0.4, 0.5) is 0 Å². The highest BCUT2D eigenvalue weighted by molar-refractivity contribution is 6.06. The summed E-state index contributed by atoms with van der Waals surface area (Å²) in [4.78, 5) is 32.4. The summed E-state index contributed by atoms with van der Waals surface area (Å²) in [6, 6.07) is 16.7. The summed E-state index contributed by atoms with van der Waals surface area (Å²) >= 11 is 0. The molecule has 0 bridgehead atoms. The molecule has 4 aromatic rings. The number of likely N-dealkylation sites (tertiary alicyclic amines) is 1. The van der Waals surface area contributed by atoms with Crippen molar-refractivity contribution in [3.05, 3.63) is 76.2 Å². The van der Waals surface area contributed by atoms with Gasteiger partial charge in [0.25, 0.3) is 11.5 Å². The molecule has 1 amide bonds. The molecule has 0 radical (unpaired) electrons. The highest BCUT2D eigenvalue weighted by Gasteiger charge is 2.20. The van der Waals surface area contributed by atoms with E-state index in [1.54, 1.807) is 30.9 Å². The number of aromatic hydroxyl groups is 1. The van der Waals surface area contributed by atoms with Crippen LogP contribution in [0.2, 0.25) is 0 Å². The molecule has 1 aliphatic rings. The molecule has 1 aliphatic heterocycles. The first kappa shape index (κ1) is 25.7. The number of para-hydroxylation sites is 1. The molecule has 0 spiro atoms. The lowest BCUT2D eigenvalue weighted by Gasteiger charge is -2.32. The number of carbonyl (C=O) groups excluding carboxylic acids is 1. The molecule has 2 aromatic heterocycles. The number of benzene rings is 2. The number of nitrogens with zero attached hydrogens (tertiary/aromatic N) is 3. The predicted molar refractivity (Wildman–Crippen MR) is 148 cm³/mol. The third-order valence-corrected chi connectivity index (χ3v) is 7.35. The maximum Gasteiger partial charge on any atom is 0.251 e. The standard InChI is InChI=1S/C29H33N5O4/c1-30-29(37)24-17-27(36)34(25-16-22(38-2)8-9-23(24)25)15-14-33-12-10-20(11-13-33)31-18-21-7-6-19-4-3-5-26(35)28(19)32-21/h3-9,16-17,20,31,35H,10-15,18H2,1-2H3,(H,30,37). The summed E-state index contributed by atoms with van der Waals surface area (Å²) in [7, 11) is 3.15. The predicted octanol–water partition coefficient (Wildman–Crippen LogP) is 2.88. The topological polar surface area (TPSA) is 109 Å². The van der Waals surface area contributed by atoms with Gasteiger partial charge in [-0.15, -0.1) is 0 Å². The molecule has 2 aromatic carbocycles. The minimum absolute atomic E-state index is 0.199. The summed E-state index contributed by atoms with van der Waals surface area (Å²) in [6.45, 7) is 3.77. The van der Waals surface area contributed by atoms with Crippen LogP contribution in [0.5, 0.6) is 11.5 Å². The second-order valence-corrected chi connectivity index (χ2v) is 9.66. The lowest BCUT2D eigenvalue weighted by atomic mass is 10.0. The summed E-state index contributed by atoms with van der Waals surface area (Å²) in [6.07, 6.45) is 2.00. The van der Waals surface area contributed by atoms with Crippen molar-refractivity contribution in [3.63, 3.8) is 0 Å². The van der Waals surface area contributed by atoms with Crippen LogP contribution >= 0.6 is 0 Å². The van der Waals surface area contributed by atoms with Crippen molar-refractivity contribution in [2.24, 2.45) is 0 Å². The molecule has 0 aliphatic carbocycles. The number of phenols is 1. The van der Waals surface area contributed by atoms with E-state index in [4.69, 9.17) is 4.74 Å². The van der Waals surface area contributed by atoms with Crippen LogP contribution in [0.25, 0.3) is 21.8 Å². The Morgan fingerprint density at radius 1 is 1.11 bits per heavy atom. The molecule has 0 atom stereocenters. The summed E-state index contributed by atoms with van der Waals surface area (Å²) in [5.74, 6) is 0.559. The fraction of sp³-hybridized carbons (Fsp3) is 0.345. The van der Waals surface area contributed by atoms with Crippen LogP contribution in [0.15, 0.2) is 59.4 Å². The van der Waals surface area contributed by atoms with Gasteiger partial charge in [-0.25, -0.2) is 4.98 Å². The average molecular weight is 516 g/mol. The van der Waals surface area contributed by atoms with Gasteiger partial charge in [-0.2, -0.15) is 0 Å². The van der Waals surface area contributed by atoms with Gasteiger partial charge in [-0.3, -0.25) is 9.59 Å². The first-order chi connectivity index (χ1) is 18.5. The number of rotatable bonds is 8. The van der Waals surface area contributed by atoms with Crippen LogP contribution in [-0.2, 0) is 13.1 Å². The molecule has 9 nitrogen and oxygen atoms in total. The van der Waals surface area contributed by atoms with E-state index in [1.807, 2.05) is 36.4 Å². The Morgan fingerprint density at radius 2 is 1.92 bits per heavy atom. The quantitative estimate of drug-likeness (QED) is 0.331. The number of pyridine rings is 2. The molecule has 5 rings (SSSR count). The smallest absolute Gasteiger partial charge is 0.251 e. The summed E-state index contributed by atoms with van der Waals surface area (Å²) in [5.41, 5.74) is 2.40. The van der Waals surface area contributed by atoms with Gasteiger partial charge in [0.2, 0.25) is 0 Å². The highest BCUT2D eigenvalue weighted by atomic mass is 16.5. The third-order valence-electron chi connectivity index (χ3n) is 7.35. The van der Waals surface area contributed by atoms with Crippen molar-refractivity contribution in [3.8, 4) is 11.5 Å². The van der Waals surface area contributed by atoms with E-state index in [0.717, 1.165) is 48.9 Å². The van der Waals surface area contributed by atoms with Gasteiger partial charge in [-0.05, 0) is 50.2 Å². The molecule has 0 saturated carbocycles. The fourth-order valence-corrected chi connectivity index (χ4v) is 5.16. The van der Waals surface area contributed by atoms with Gasteiger partial charge < -0.3 is 29.9 Å². The van der Waals surface area contributed by atoms with Crippen LogP contribution in [0.1, 0.15) is 28.9 Å². The third kappa shape index (κ3) is 5.34. The maximum atomic E-state index is 13.0. The molecule has 1 saturated heterocycles. The van der Waals surface area contributed by atoms with E-state index in [-0.39, 0.29) is 17.2 Å². The number of fused-ring (bicyclic) bond motifs is 2. The number of aromatic nitrogens is 2. The van der Waals surface area contributed by atoms with E-state index in [1.165, 1.54) is 6.07 Å². The van der Waals surface area contributed by atoms with Crippen LogP contribution in [0.3, 0.4) is 0 Å². The molecule has 3 N–H and O–H groups in total. The zero-order chi connectivity index (χ0) is 26.6. The Bertz CT molecular complexity index is 1530. The van der Waals surface area contributed by atoms with Crippen LogP contribution in [-0.4, -0.2) is 65.3 Å². The minimum atomic E-state index is -0.283. The lowest BCUT2D eigenvalue weighted by Crippen LogP contribution is -2.43. The number of hydrogen-bond donors (Lipinski definition) is 3. The molecule has 3 heterocycles. The molecule has 198 valence electrons. The van der Waals surface area contributed by atoms with Crippen molar-refractivity contribution >= 4 is 27.7 Å². The normalized spacial score (nSPS) is 14.7. The van der Waals surface area contributed by atoms with Crippen molar-refractivity contribution in [1.82, 2.24) is 25.1 Å². The van der Waals surface area contributed by atoms with E-state index in [0.29, 0.717) is 41.5 Å². The Balaban J connectivity index is 1.21. The fourth-order valence-electron chi connectivity index (χ4n) is 5.16. The zero-order valence-corrected chi connectivity index (χ0v) is 21.7. The number of phenolic OH excluding ortho intramolecular Hbond substituents is 1. The van der Waals surface area contributed by atoms with Gasteiger partial charge in [0.15, 0.2) is 0 Å². The van der Waals surface area contributed by atoms with Gasteiger partial charge in [0, 0.05) is 55.6 Å². The second-order valence-electron chi connectivity index (χ2n) is 9.66. The van der Waals surface area contributed by atoms with Gasteiger partial charge >= 0.3 is 0 Å². The summed E-state index contributed by atoms with van der Waals surface area (Å²) < 4.78 is 7.11.